The maximum Gasteiger partial charge on any atom is 0.357 e. The number of unbranched alkanes of at least 4 members (excludes halogenated alkanes) is 1. The van der Waals surface area contributed by atoms with Gasteiger partial charge in [-0.15, -0.1) is 0 Å². The maximum atomic E-state index is 13.3. The molecule has 2 aromatic heterocycles. The fraction of sp³-hybridized carbons (Fsp3) is 0.440. The lowest BCUT2D eigenvalue weighted by Gasteiger charge is -2.15. The molecule has 0 aliphatic heterocycles. The third-order valence-electron chi connectivity index (χ3n) is 5.98. The second-order valence-electron chi connectivity index (χ2n) is 8.36. The summed E-state index contributed by atoms with van der Waals surface area (Å²) < 4.78 is 7.28. The predicted molar refractivity (Wildman–Crippen MR) is 120 cm³/mol. The van der Waals surface area contributed by atoms with Gasteiger partial charge in [-0.2, -0.15) is 0 Å². The van der Waals surface area contributed by atoms with Gasteiger partial charge < -0.3 is 4.74 Å². The fourth-order valence-electron chi connectivity index (χ4n) is 4.20. The molecule has 0 unspecified atom stereocenters. The standard InChI is InChI=1S/C25H29N3O3/c1-3-4-12-22-27-20-11-7-8-17(2)23(20)24(29)28(22)16-18-13-14-21(26-15-18)25(30)31-19-9-5-6-10-19/h7-8,11,13-15,19H,3-6,9-10,12,16H2,1-2H3. The number of hydrogen-bond acceptors (Lipinski definition) is 5. The van der Waals surface area contributed by atoms with Crippen LogP contribution in [0, 0.1) is 6.92 Å². The molecule has 6 heteroatoms. The minimum absolute atomic E-state index is 0.0144. The van der Waals surface area contributed by atoms with Crippen molar-refractivity contribution >= 4 is 16.9 Å². The molecule has 0 saturated heterocycles. The Labute approximate surface area is 182 Å². The number of pyridine rings is 1. The number of nitrogens with zero attached hydrogens (tertiary/aromatic N) is 3. The molecule has 0 bridgehead atoms. The van der Waals surface area contributed by atoms with E-state index in [1.54, 1.807) is 16.8 Å². The molecule has 1 aliphatic carbocycles. The van der Waals surface area contributed by atoms with E-state index in [1.807, 2.05) is 31.2 Å². The van der Waals surface area contributed by atoms with E-state index in [2.05, 4.69) is 11.9 Å². The molecule has 1 fully saturated rings. The van der Waals surface area contributed by atoms with E-state index in [0.717, 1.165) is 67.4 Å². The summed E-state index contributed by atoms with van der Waals surface area (Å²) in [6, 6.07) is 9.30. The quantitative estimate of drug-likeness (QED) is 0.524. The van der Waals surface area contributed by atoms with E-state index in [-0.39, 0.29) is 17.6 Å². The lowest BCUT2D eigenvalue weighted by molar-refractivity contribution is 0.0311. The summed E-state index contributed by atoms with van der Waals surface area (Å²) in [4.78, 5) is 34.8. The van der Waals surface area contributed by atoms with E-state index in [4.69, 9.17) is 9.72 Å². The van der Waals surface area contributed by atoms with Crippen molar-refractivity contribution in [2.45, 2.75) is 71.4 Å². The Balaban J connectivity index is 1.61. The highest BCUT2D eigenvalue weighted by molar-refractivity contribution is 5.87. The molecule has 3 aromatic rings. The third kappa shape index (κ3) is 4.68. The zero-order chi connectivity index (χ0) is 21.8. The highest BCUT2D eigenvalue weighted by Crippen LogP contribution is 2.22. The Morgan fingerprint density at radius 1 is 1.19 bits per heavy atom. The van der Waals surface area contributed by atoms with Gasteiger partial charge in [0.2, 0.25) is 0 Å². The van der Waals surface area contributed by atoms with E-state index in [1.165, 1.54) is 0 Å². The van der Waals surface area contributed by atoms with Crippen LogP contribution in [0.4, 0.5) is 0 Å². The van der Waals surface area contributed by atoms with Gasteiger partial charge in [-0.05, 0) is 62.3 Å². The first-order valence-electron chi connectivity index (χ1n) is 11.2. The molecule has 0 atom stereocenters. The number of carbonyl (C=O) groups is 1. The van der Waals surface area contributed by atoms with Crippen LogP contribution in [0.3, 0.4) is 0 Å². The Morgan fingerprint density at radius 3 is 2.71 bits per heavy atom. The van der Waals surface area contributed by atoms with Crippen LogP contribution in [0.15, 0.2) is 41.3 Å². The van der Waals surface area contributed by atoms with Crippen molar-refractivity contribution < 1.29 is 9.53 Å². The molecule has 1 aromatic carbocycles. The van der Waals surface area contributed by atoms with Gasteiger partial charge in [-0.1, -0.05) is 31.5 Å². The Kier molecular flexibility index (Phi) is 6.44. The minimum Gasteiger partial charge on any atom is -0.458 e. The molecule has 0 radical (unpaired) electrons. The molecule has 0 N–H and O–H groups in total. The number of esters is 1. The predicted octanol–water partition coefficient (Wildman–Crippen LogP) is 4.59. The van der Waals surface area contributed by atoms with E-state index >= 15 is 0 Å². The summed E-state index contributed by atoms with van der Waals surface area (Å²) in [5, 5.41) is 0.660. The summed E-state index contributed by atoms with van der Waals surface area (Å²) in [5.74, 6) is 0.414. The van der Waals surface area contributed by atoms with Gasteiger partial charge in [-0.3, -0.25) is 9.36 Å². The molecular weight excluding hydrogens is 390 g/mol. The largest absolute Gasteiger partial charge is 0.458 e. The zero-order valence-electron chi connectivity index (χ0n) is 18.3. The van der Waals surface area contributed by atoms with Crippen LogP contribution in [0.1, 0.15) is 72.9 Å². The lowest BCUT2D eigenvalue weighted by Crippen LogP contribution is -2.26. The van der Waals surface area contributed by atoms with Crippen LogP contribution in [0.25, 0.3) is 10.9 Å². The Hall–Kier alpha value is -3.02. The van der Waals surface area contributed by atoms with Crippen molar-refractivity contribution in [1.82, 2.24) is 14.5 Å². The number of rotatable bonds is 7. The number of ether oxygens (including phenoxy) is 1. The minimum atomic E-state index is -0.373. The second-order valence-corrected chi connectivity index (χ2v) is 8.36. The zero-order valence-corrected chi connectivity index (χ0v) is 18.3. The lowest BCUT2D eigenvalue weighted by atomic mass is 10.1. The number of aromatic nitrogens is 3. The molecule has 1 aliphatic rings. The van der Waals surface area contributed by atoms with Crippen LogP contribution in [-0.2, 0) is 17.7 Å². The topological polar surface area (TPSA) is 74.1 Å². The van der Waals surface area contributed by atoms with Gasteiger partial charge in [0.25, 0.3) is 5.56 Å². The smallest absolute Gasteiger partial charge is 0.357 e. The average Bonchev–Trinajstić information content (AvgIpc) is 3.28. The highest BCUT2D eigenvalue weighted by Gasteiger charge is 2.21. The van der Waals surface area contributed by atoms with Crippen LogP contribution >= 0.6 is 0 Å². The number of aryl methyl sites for hydroxylation is 2. The van der Waals surface area contributed by atoms with Crippen molar-refractivity contribution in [3.8, 4) is 0 Å². The molecule has 1 saturated carbocycles. The molecule has 6 nitrogen and oxygen atoms in total. The van der Waals surface area contributed by atoms with Gasteiger partial charge in [0.15, 0.2) is 0 Å². The van der Waals surface area contributed by atoms with Crippen LogP contribution in [0.5, 0.6) is 0 Å². The normalized spacial score (nSPS) is 14.3. The second kappa shape index (κ2) is 9.41. The summed E-state index contributed by atoms with van der Waals surface area (Å²) in [6.07, 6.45) is 8.49. The first kappa shape index (κ1) is 21.2. The number of fused-ring (bicyclic) bond motifs is 1. The van der Waals surface area contributed by atoms with E-state index < -0.39 is 0 Å². The molecule has 162 valence electrons. The Bertz CT molecular complexity index is 1130. The first-order valence-corrected chi connectivity index (χ1v) is 11.2. The first-order chi connectivity index (χ1) is 15.1. The molecule has 2 heterocycles. The van der Waals surface area contributed by atoms with E-state index in [9.17, 15) is 9.59 Å². The number of benzene rings is 1. The highest BCUT2D eigenvalue weighted by atomic mass is 16.5. The Morgan fingerprint density at radius 2 is 2.00 bits per heavy atom. The third-order valence-corrected chi connectivity index (χ3v) is 5.98. The van der Waals surface area contributed by atoms with Gasteiger partial charge in [-0.25, -0.2) is 14.8 Å². The van der Waals surface area contributed by atoms with Crippen molar-refractivity contribution in [3.63, 3.8) is 0 Å². The van der Waals surface area contributed by atoms with Crippen LogP contribution in [-0.4, -0.2) is 26.6 Å². The van der Waals surface area contributed by atoms with Crippen molar-refractivity contribution in [3.05, 3.63) is 69.5 Å². The van der Waals surface area contributed by atoms with Crippen LogP contribution < -0.4 is 5.56 Å². The summed E-state index contributed by atoms with van der Waals surface area (Å²) in [7, 11) is 0. The number of hydrogen-bond donors (Lipinski definition) is 0. The maximum absolute atomic E-state index is 13.3. The fourth-order valence-corrected chi connectivity index (χ4v) is 4.20. The van der Waals surface area contributed by atoms with Gasteiger partial charge >= 0.3 is 5.97 Å². The molecule has 0 spiro atoms. The van der Waals surface area contributed by atoms with Gasteiger partial charge in [0.05, 0.1) is 17.4 Å². The van der Waals surface area contributed by atoms with E-state index in [0.29, 0.717) is 17.6 Å². The van der Waals surface area contributed by atoms with Gasteiger partial charge in [0, 0.05) is 12.6 Å². The molecule has 0 amide bonds. The van der Waals surface area contributed by atoms with Crippen molar-refractivity contribution in [2.24, 2.45) is 0 Å². The van der Waals surface area contributed by atoms with Gasteiger partial charge in [0.1, 0.15) is 17.6 Å². The monoisotopic (exact) mass is 419 g/mol. The summed E-state index contributed by atoms with van der Waals surface area (Å²) in [5.41, 5.74) is 2.80. The van der Waals surface area contributed by atoms with Crippen LogP contribution in [0.2, 0.25) is 0 Å². The molecule has 31 heavy (non-hydrogen) atoms. The summed E-state index contributed by atoms with van der Waals surface area (Å²) in [6.45, 7) is 4.44. The van der Waals surface area contributed by atoms with Crippen molar-refractivity contribution in [2.75, 3.05) is 0 Å². The average molecular weight is 420 g/mol. The molecular formula is C25H29N3O3. The van der Waals surface area contributed by atoms with Crippen molar-refractivity contribution in [1.29, 1.82) is 0 Å². The number of carbonyl (C=O) groups excluding carboxylic acids is 1. The molecule has 4 rings (SSSR count). The summed E-state index contributed by atoms with van der Waals surface area (Å²) >= 11 is 0. The SMILES string of the molecule is CCCCc1nc2cccc(C)c2c(=O)n1Cc1ccc(C(=O)OC2CCCC2)nc1.